The number of carboxylic acid groups (broad SMARTS) is 1. The summed E-state index contributed by atoms with van der Waals surface area (Å²) < 4.78 is 18.0. The molecule has 16 heavy (non-hydrogen) atoms. The molecule has 0 aliphatic rings. The van der Waals surface area contributed by atoms with Gasteiger partial charge in [-0.3, -0.25) is 0 Å². The molecule has 2 N–H and O–H groups in total. The van der Waals surface area contributed by atoms with Crippen LogP contribution in [0, 0.1) is 5.82 Å². The second kappa shape index (κ2) is 5.46. The average molecular weight is 228 g/mol. The van der Waals surface area contributed by atoms with Crippen molar-refractivity contribution in [3.63, 3.8) is 0 Å². The molecular formula is C11H13FO4. The zero-order valence-electron chi connectivity index (χ0n) is 8.81. The molecule has 4 nitrogen and oxygen atoms in total. The number of hydrogen-bond donors (Lipinski definition) is 2. The molecule has 5 heteroatoms. The van der Waals surface area contributed by atoms with Gasteiger partial charge in [0.15, 0.2) is 17.7 Å². The maximum Gasteiger partial charge on any atom is 0.333 e. The highest BCUT2D eigenvalue weighted by Crippen LogP contribution is 2.17. The second-order valence-electron chi connectivity index (χ2n) is 3.27. The van der Waals surface area contributed by atoms with Crippen LogP contribution >= 0.6 is 0 Å². The molecule has 1 unspecified atom stereocenters. The number of hydrogen-bond acceptors (Lipinski definition) is 3. The highest BCUT2D eigenvalue weighted by molar-refractivity contribution is 5.72. The van der Waals surface area contributed by atoms with E-state index in [1.165, 1.54) is 12.1 Å². The van der Waals surface area contributed by atoms with Crippen LogP contribution in [0.2, 0.25) is 0 Å². The van der Waals surface area contributed by atoms with E-state index in [4.69, 9.17) is 14.9 Å². The van der Waals surface area contributed by atoms with Crippen molar-refractivity contribution >= 4 is 5.97 Å². The van der Waals surface area contributed by atoms with Gasteiger partial charge in [-0.1, -0.05) is 6.07 Å². The van der Waals surface area contributed by atoms with Crippen molar-refractivity contribution < 1.29 is 24.1 Å². The van der Waals surface area contributed by atoms with Crippen LogP contribution in [0.25, 0.3) is 0 Å². The van der Waals surface area contributed by atoms with Crippen LogP contribution in [-0.2, 0) is 16.0 Å². The molecule has 0 heterocycles. The first-order valence-corrected chi connectivity index (χ1v) is 4.86. The van der Waals surface area contributed by atoms with E-state index in [0.29, 0.717) is 5.56 Å². The van der Waals surface area contributed by atoms with Crippen molar-refractivity contribution in [3.8, 4) is 5.75 Å². The first-order valence-electron chi connectivity index (χ1n) is 4.86. The molecule has 0 fully saturated rings. The van der Waals surface area contributed by atoms with Gasteiger partial charge >= 0.3 is 5.97 Å². The Bertz CT molecular complexity index is 378. The normalized spacial score (nSPS) is 12.4. The lowest BCUT2D eigenvalue weighted by Crippen LogP contribution is -2.26. The number of phenols is 1. The Kier molecular flexibility index (Phi) is 4.25. The first kappa shape index (κ1) is 12.4. The molecule has 1 atom stereocenters. The zero-order valence-corrected chi connectivity index (χ0v) is 8.81. The number of phenolic OH excluding ortho intramolecular Hbond substituents is 1. The quantitative estimate of drug-likeness (QED) is 0.802. The summed E-state index contributed by atoms with van der Waals surface area (Å²) in [6, 6.07) is 3.76. The Morgan fingerprint density at radius 1 is 1.56 bits per heavy atom. The van der Waals surface area contributed by atoms with E-state index in [0.717, 1.165) is 6.07 Å². The van der Waals surface area contributed by atoms with E-state index < -0.39 is 23.6 Å². The Balaban J connectivity index is 2.77. The van der Waals surface area contributed by atoms with Crippen molar-refractivity contribution in [2.24, 2.45) is 0 Å². The van der Waals surface area contributed by atoms with Crippen LogP contribution in [0.5, 0.6) is 5.75 Å². The van der Waals surface area contributed by atoms with Crippen molar-refractivity contribution in [1.29, 1.82) is 0 Å². The zero-order chi connectivity index (χ0) is 12.1. The molecule has 0 spiro atoms. The van der Waals surface area contributed by atoms with Gasteiger partial charge in [-0.25, -0.2) is 9.18 Å². The summed E-state index contributed by atoms with van der Waals surface area (Å²) >= 11 is 0. The molecule has 0 radical (unpaired) electrons. The molecule has 0 saturated heterocycles. The third kappa shape index (κ3) is 3.20. The van der Waals surface area contributed by atoms with Gasteiger partial charge in [0.05, 0.1) is 0 Å². The summed E-state index contributed by atoms with van der Waals surface area (Å²) in [5, 5.41) is 17.8. The molecule has 88 valence electrons. The maximum absolute atomic E-state index is 13.0. The molecule has 0 aromatic heterocycles. The number of benzene rings is 1. The first-order chi connectivity index (χ1) is 7.54. The summed E-state index contributed by atoms with van der Waals surface area (Å²) in [5.41, 5.74) is 0.469. The summed E-state index contributed by atoms with van der Waals surface area (Å²) in [4.78, 5) is 10.8. The molecule has 1 aromatic rings. The number of carboxylic acids is 1. The lowest BCUT2D eigenvalue weighted by molar-refractivity contribution is -0.149. The summed E-state index contributed by atoms with van der Waals surface area (Å²) in [6.45, 7) is 1.96. The highest BCUT2D eigenvalue weighted by Gasteiger charge is 2.18. The predicted octanol–water partition coefficient (Wildman–Crippen LogP) is 1.56. The van der Waals surface area contributed by atoms with Gasteiger partial charge in [0.1, 0.15) is 0 Å². The fourth-order valence-corrected chi connectivity index (χ4v) is 1.31. The standard InChI is InChI=1S/C11H13FO4/c1-2-16-10(11(14)15)6-7-3-4-9(13)8(12)5-7/h3-5,10,13H,2,6H2,1H3,(H,14,15). The van der Waals surface area contributed by atoms with Gasteiger partial charge < -0.3 is 14.9 Å². The number of aliphatic carboxylic acids is 1. The Labute approximate surface area is 92.3 Å². The van der Waals surface area contributed by atoms with Crippen LogP contribution in [0.4, 0.5) is 4.39 Å². The van der Waals surface area contributed by atoms with Gasteiger partial charge in [-0.05, 0) is 24.6 Å². The summed E-state index contributed by atoms with van der Waals surface area (Å²) in [7, 11) is 0. The summed E-state index contributed by atoms with van der Waals surface area (Å²) in [5.74, 6) is -2.31. The van der Waals surface area contributed by atoms with E-state index >= 15 is 0 Å². The molecule has 0 saturated carbocycles. The maximum atomic E-state index is 13.0. The third-order valence-electron chi connectivity index (χ3n) is 2.08. The number of carbonyl (C=O) groups is 1. The van der Waals surface area contributed by atoms with Crippen LogP contribution in [-0.4, -0.2) is 28.9 Å². The number of rotatable bonds is 5. The van der Waals surface area contributed by atoms with Crippen LogP contribution < -0.4 is 0 Å². The minimum Gasteiger partial charge on any atom is -0.505 e. The van der Waals surface area contributed by atoms with Crippen molar-refractivity contribution in [2.45, 2.75) is 19.4 Å². The van der Waals surface area contributed by atoms with Gasteiger partial charge in [0.2, 0.25) is 0 Å². The number of ether oxygens (including phenoxy) is 1. The molecule has 1 aromatic carbocycles. The predicted molar refractivity (Wildman–Crippen MR) is 54.8 cm³/mol. The van der Waals surface area contributed by atoms with Crippen LogP contribution in [0.3, 0.4) is 0 Å². The monoisotopic (exact) mass is 228 g/mol. The van der Waals surface area contributed by atoms with E-state index in [1.807, 2.05) is 0 Å². The molecule has 0 aliphatic carbocycles. The van der Waals surface area contributed by atoms with E-state index in [9.17, 15) is 9.18 Å². The fraction of sp³-hybridized carbons (Fsp3) is 0.364. The number of aromatic hydroxyl groups is 1. The van der Waals surface area contributed by atoms with Crippen molar-refractivity contribution in [1.82, 2.24) is 0 Å². The largest absolute Gasteiger partial charge is 0.505 e. The van der Waals surface area contributed by atoms with E-state index in [2.05, 4.69) is 0 Å². The lowest BCUT2D eigenvalue weighted by Gasteiger charge is -2.12. The Morgan fingerprint density at radius 2 is 2.25 bits per heavy atom. The molecule has 0 amide bonds. The SMILES string of the molecule is CCOC(Cc1ccc(O)c(F)c1)C(=O)O. The second-order valence-corrected chi connectivity index (χ2v) is 3.27. The smallest absolute Gasteiger partial charge is 0.333 e. The Morgan fingerprint density at radius 3 is 2.75 bits per heavy atom. The van der Waals surface area contributed by atoms with Crippen molar-refractivity contribution in [3.05, 3.63) is 29.6 Å². The van der Waals surface area contributed by atoms with Crippen molar-refractivity contribution in [2.75, 3.05) is 6.61 Å². The van der Waals surface area contributed by atoms with Gasteiger partial charge in [0.25, 0.3) is 0 Å². The van der Waals surface area contributed by atoms with Gasteiger partial charge in [-0.2, -0.15) is 0 Å². The fourth-order valence-electron chi connectivity index (χ4n) is 1.31. The molecular weight excluding hydrogens is 215 g/mol. The van der Waals surface area contributed by atoms with Gasteiger partial charge in [-0.15, -0.1) is 0 Å². The van der Waals surface area contributed by atoms with E-state index in [1.54, 1.807) is 6.92 Å². The lowest BCUT2D eigenvalue weighted by atomic mass is 10.1. The molecule has 0 bridgehead atoms. The average Bonchev–Trinajstić information content (AvgIpc) is 2.22. The van der Waals surface area contributed by atoms with Crippen LogP contribution in [0.1, 0.15) is 12.5 Å². The minimum absolute atomic E-state index is 0.0698. The number of halogens is 1. The Hall–Kier alpha value is -1.62. The molecule has 0 aliphatic heterocycles. The minimum atomic E-state index is -1.09. The highest BCUT2D eigenvalue weighted by atomic mass is 19.1. The van der Waals surface area contributed by atoms with Gasteiger partial charge in [0, 0.05) is 13.0 Å². The topological polar surface area (TPSA) is 66.8 Å². The molecule has 1 rings (SSSR count). The van der Waals surface area contributed by atoms with E-state index in [-0.39, 0.29) is 13.0 Å². The summed E-state index contributed by atoms with van der Waals surface area (Å²) in [6.07, 6.45) is -0.922. The van der Waals surface area contributed by atoms with Crippen LogP contribution in [0.15, 0.2) is 18.2 Å². The third-order valence-corrected chi connectivity index (χ3v) is 2.08.